The number of nitrogens with zero attached hydrogens (tertiary/aromatic N) is 2. The van der Waals surface area contributed by atoms with E-state index in [1.807, 2.05) is 71.6 Å². The molecular formula is C26H22N2O4. The number of fused-ring (bicyclic) bond motifs is 3. The first-order chi connectivity index (χ1) is 15.6. The van der Waals surface area contributed by atoms with Gasteiger partial charge in [0.1, 0.15) is 17.8 Å². The fourth-order valence-corrected chi connectivity index (χ4v) is 5.03. The number of benzene rings is 3. The van der Waals surface area contributed by atoms with Gasteiger partial charge in [-0.05, 0) is 41.5 Å². The van der Waals surface area contributed by atoms with E-state index in [1.165, 1.54) is 0 Å². The van der Waals surface area contributed by atoms with Gasteiger partial charge in [0, 0.05) is 16.2 Å². The van der Waals surface area contributed by atoms with Gasteiger partial charge in [0.15, 0.2) is 5.78 Å². The minimum absolute atomic E-state index is 0.138. The highest BCUT2D eigenvalue weighted by Crippen LogP contribution is 2.46. The van der Waals surface area contributed by atoms with Crippen molar-refractivity contribution in [2.24, 2.45) is 0 Å². The Morgan fingerprint density at radius 3 is 2.34 bits per heavy atom. The second-order valence-electron chi connectivity index (χ2n) is 8.07. The van der Waals surface area contributed by atoms with Crippen molar-refractivity contribution in [1.82, 2.24) is 0 Å². The number of anilines is 1. The van der Waals surface area contributed by atoms with Crippen LogP contribution in [0.5, 0.6) is 5.75 Å². The number of methoxy groups -OCH3 is 1. The van der Waals surface area contributed by atoms with Crippen LogP contribution in [0.15, 0.2) is 84.9 Å². The number of ether oxygens (including phenoxy) is 1. The number of hydrogen-bond acceptors (Lipinski definition) is 5. The van der Waals surface area contributed by atoms with E-state index in [-0.39, 0.29) is 10.7 Å². The zero-order valence-electron chi connectivity index (χ0n) is 17.5. The molecule has 6 heteroatoms. The molecule has 6 nitrogen and oxygen atoms in total. The average Bonchev–Trinajstić information content (AvgIpc) is 3.20. The van der Waals surface area contributed by atoms with E-state index in [9.17, 15) is 14.9 Å². The standard InChI is InChI=1S/C26H22N2O4/c1-32-20-14-11-19(12-15-20)26(29)25-23(18-8-3-2-4-9-18)24(28(30)31)22-16-13-17-7-5-6-10-21(17)27(22)25/h2-16,22-25H,1H3/t22-,23+,24-,25-/m0/s1. The van der Waals surface area contributed by atoms with E-state index in [0.29, 0.717) is 11.3 Å². The largest absolute Gasteiger partial charge is 0.497 e. The highest BCUT2D eigenvalue weighted by atomic mass is 16.6. The predicted octanol–water partition coefficient (Wildman–Crippen LogP) is 4.59. The zero-order valence-corrected chi connectivity index (χ0v) is 17.5. The van der Waals surface area contributed by atoms with Crippen molar-refractivity contribution in [2.45, 2.75) is 24.0 Å². The summed E-state index contributed by atoms with van der Waals surface area (Å²) in [5.74, 6) is -0.0811. The Kier molecular flexibility index (Phi) is 4.98. The molecule has 32 heavy (non-hydrogen) atoms. The van der Waals surface area contributed by atoms with E-state index in [0.717, 1.165) is 16.8 Å². The molecule has 1 fully saturated rings. The molecule has 2 aliphatic heterocycles. The van der Waals surface area contributed by atoms with Crippen molar-refractivity contribution < 1.29 is 14.5 Å². The third kappa shape index (κ3) is 3.15. The third-order valence-corrected chi connectivity index (χ3v) is 6.44. The van der Waals surface area contributed by atoms with Crippen LogP contribution in [0.3, 0.4) is 0 Å². The fourth-order valence-electron chi connectivity index (χ4n) is 5.03. The van der Waals surface area contributed by atoms with Crippen LogP contribution in [0, 0.1) is 10.1 Å². The summed E-state index contributed by atoms with van der Waals surface area (Å²) in [6.45, 7) is 0. The highest BCUT2D eigenvalue weighted by Gasteiger charge is 2.58. The molecule has 4 atom stereocenters. The molecule has 0 unspecified atom stereocenters. The van der Waals surface area contributed by atoms with Gasteiger partial charge in [-0.15, -0.1) is 0 Å². The molecule has 0 saturated carbocycles. The summed E-state index contributed by atoms with van der Waals surface area (Å²) in [6.07, 6.45) is 3.79. The van der Waals surface area contributed by atoms with Gasteiger partial charge >= 0.3 is 0 Å². The first kappa shape index (κ1) is 20.0. The van der Waals surface area contributed by atoms with Gasteiger partial charge in [0.2, 0.25) is 6.04 Å². The Bertz CT molecular complexity index is 1190. The molecule has 5 rings (SSSR count). The van der Waals surface area contributed by atoms with Gasteiger partial charge in [-0.25, -0.2) is 0 Å². The molecule has 0 amide bonds. The van der Waals surface area contributed by atoms with E-state index < -0.39 is 24.0 Å². The molecule has 1 saturated heterocycles. The molecule has 0 aliphatic carbocycles. The number of carbonyl (C=O) groups excluding carboxylic acids is 1. The Labute approximate surface area is 185 Å². The number of ketones is 1. The molecule has 3 aromatic carbocycles. The quantitative estimate of drug-likeness (QED) is 0.339. The van der Waals surface area contributed by atoms with Crippen LogP contribution in [-0.4, -0.2) is 35.9 Å². The molecule has 2 heterocycles. The topological polar surface area (TPSA) is 72.7 Å². The number of hydrogen-bond donors (Lipinski definition) is 0. The Morgan fingerprint density at radius 2 is 1.66 bits per heavy atom. The lowest BCUT2D eigenvalue weighted by molar-refractivity contribution is -0.524. The van der Waals surface area contributed by atoms with Gasteiger partial charge < -0.3 is 9.64 Å². The minimum atomic E-state index is -0.950. The summed E-state index contributed by atoms with van der Waals surface area (Å²) in [4.78, 5) is 28.0. The first-order valence-electron chi connectivity index (χ1n) is 10.5. The summed E-state index contributed by atoms with van der Waals surface area (Å²) < 4.78 is 5.23. The second kappa shape index (κ2) is 7.96. The summed E-state index contributed by atoms with van der Waals surface area (Å²) >= 11 is 0. The molecule has 160 valence electrons. The molecule has 2 aliphatic rings. The van der Waals surface area contributed by atoms with Crippen LogP contribution < -0.4 is 9.64 Å². The SMILES string of the molecule is COc1ccc(C(=O)[C@@H]2[C@H](c3ccccc3)[C@@H]([N+](=O)[O-])[C@@H]3C=Cc4ccccc4N23)cc1. The molecule has 0 radical (unpaired) electrons. The number of para-hydroxylation sites is 1. The monoisotopic (exact) mass is 426 g/mol. The molecule has 3 aromatic rings. The molecule has 0 bridgehead atoms. The van der Waals surface area contributed by atoms with E-state index in [1.54, 1.807) is 31.4 Å². The minimum Gasteiger partial charge on any atom is -0.497 e. The Hall–Kier alpha value is -3.93. The smallest absolute Gasteiger partial charge is 0.245 e. The van der Waals surface area contributed by atoms with Crippen LogP contribution in [0.2, 0.25) is 0 Å². The van der Waals surface area contributed by atoms with Gasteiger partial charge in [-0.3, -0.25) is 14.9 Å². The van der Waals surface area contributed by atoms with Crippen molar-refractivity contribution >= 4 is 17.5 Å². The maximum atomic E-state index is 13.9. The normalized spacial score (nSPS) is 23.3. The Morgan fingerprint density at radius 1 is 0.969 bits per heavy atom. The van der Waals surface area contributed by atoms with Crippen LogP contribution in [0.4, 0.5) is 5.69 Å². The van der Waals surface area contributed by atoms with Gasteiger partial charge in [0.05, 0.1) is 13.0 Å². The van der Waals surface area contributed by atoms with Crippen molar-refractivity contribution in [2.75, 3.05) is 12.0 Å². The van der Waals surface area contributed by atoms with Crippen LogP contribution >= 0.6 is 0 Å². The highest BCUT2D eigenvalue weighted by molar-refractivity contribution is 6.04. The average molecular weight is 426 g/mol. The first-order valence-corrected chi connectivity index (χ1v) is 10.5. The molecule has 0 spiro atoms. The summed E-state index contributed by atoms with van der Waals surface area (Å²) in [6, 6.07) is 21.9. The third-order valence-electron chi connectivity index (χ3n) is 6.44. The van der Waals surface area contributed by atoms with E-state index in [4.69, 9.17) is 4.74 Å². The van der Waals surface area contributed by atoms with E-state index >= 15 is 0 Å². The van der Waals surface area contributed by atoms with Crippen molar-refractivity contribution in [3.05, 3.63) is 112 Å². The lowest BCUT2D eigenvalue weighted by Crippen LogP contribution is -2.44. The van der Waals surface area contributed by atoms with Gasteiger partial charge in [-0.1, -0.05) is 60.7 Å². The molecule has 0 aromatic heterocycles. The van der Waals surface area contributed by atoms with Crippen LogP contribution in [-0.2, 0) is 0 Å². The van der Waals surface area contributed by atoms with Crippen molar-refractivity contribution in [1.29, 1.82) is 0 Å². The van der Waals surface area contributed by atoms with Crippen LogP contribution in [0.1, 0.15) is 27.4 Å². The predicted molar refractivity (Wildman–Crippen MR) is 123 cm³/mol. The maximum absolute atomic E-state index is 13.9. The summed E-state index contributed by atoms with van der Waals surface area (Å²) in [7, 11) is 1.57. The fraction of sp³-hybridized carbons (Fsp3) is 0.192. The van der Waals surface area contributed by atoms with E-state index in [2.05, 4.69) is 0 Å². The summed E-state index contributed by atoms with van der Waals surface area (Å²) in [5, 5.41) is 12.4. The van der Waals surface area contributed by atoms with Gasteiger partial charge in [-0.2, -0.15) is 0 Å². The number of rotatable bonds is 5. The van der Waals surface area contributed by atoms with Crippen molar-refractivity contribution in [3.8, 4) is 5.75 Å². The van der Waals surface area contributed by atoms with Gasteiger partial charge in [0.25, 0.3) is 0 Å². The zero-order chi connectivity index (χ0) is 22.2. The van der Waals surface area contributed by atoms with Crippen molar-refractivity contribution in [3.63, 3.8) is 0 Å². The molecular weight excluding hydrogens is 404 g/mol. The maximum Gasteiger partial charge on any atom is 0.245 e. The lowest BCUT2D eigenvalue weighted by Gasteiger charge is -2.34. The molecule has 0 N–H and O–H groups in total. The van der Waals surface area contributed by atoms with Crippen LogP contribution in [0.25, 0.3) is 6.08 Å². The second-order valence-corrected chi connectivity index (χ2v) is 8.07. The number of nitro groups is 1. The number of carbonyl (C=O) groups is 1. The Balaban J connectivity index is 1.69. The number of Topliss-reactive ketones (excluding diaryl/α,β-unsaturated/α-hetero) is 1. The lowest BCUT2D eigenvalue weighted by atomic mass is 9.84. The summed E-state index contributed by atoms with van der Waals surface area (Å²) in [5.41, 5.74) is 3.09.